The number of alkyl halides is 3. The first-order chi connectivity index (χ1) is 13.3. The van der Waals surface area contributed by atoms with Crippen LogP contribution in [0.4, 0.5) is 13.2 Å². The van der Waals surface area contributed by atoms with E-state index in [1.807, 2.05) is 25.3 Å². The Balaban J connectivity index is 0.00000240. The Morgan fingerprint density at radius 2 is 1.79 bits per heavy atom. The van der Waals surface area contributed by atoms with Gasteiger partial charge in [0.25, 0.3) is 5.56 Å². The Hall–Kier alpha value is -1.79. The average molecular weight is 427 g/mol. The lowest BCUT2D eigenvalue weighted by molar-refractivity contribution is -0.137. The highest BCUT2D eigenvalue weighted by Crippen LogP contribution is 2.59. The minimum atomic E-state index is -4.28. The van der Waals surface area contributed by atoms with Crippen LogP contribution in [-0.4, -0.2) is 29.1 Å². The van der Waals surface area contributed by atoms with E-state index in [-0.39, 0.29) is 23.4 Å². The number of hydrogen-bond donors (Lipinski definition) is 0. The van der Waals surface area contributed by atoms with Crippen LogP contribution in [0.15, 0.2) is 47.4 Å². The van der Waals surface area contributed by atoms with E-state index in [2.05, 4.69) is 4.90 Å². The van der Waals surface area contributed by atoms with E-state index in [0.29, 0.717) is 5.92 Å². The lowest BCUT2D eigenvalue weighted by atomic mass is 9.94. The van der Waals surface area contributed by atoms with Crippen LogP contribution in [0.5, 0.6) is 0 Å². The summed E-state index contributed by atoms with van der Waals surface area (Å²) < 4.78 is 40.1. The number of halogens is 4. The molecule has 1 aliphatic carbocycles. The monoisotopic (exact) mass is 426 g/mol. The van der Waals surface area contributed by atoms with Crippen molar-refractivity contribution < 1.29 is 13.2 Å². The van der Waals surface area contributed by atoms with Gasteiger partial charge >= 0.3 is 6.18 Å². The van der Waals surface area contributed by atoms with Crippen LogP contribution < -0.4 is 5.56 Å². The highest BCUT2D eigenvalue weighted by molar-refractivity contribution is 5.85. The molecule has 1 saturated heterocycles. The molecule has 29 heavy (non-hydrogen) atoms. The normalized spacial score (nSPS) is 23.5. The van der Waals surface area contributed by atoms with E-state index in [4.69, 9.17) is 0 Å². The fourth-order valence-electron chi connectivity index (χ4n) is 4.65. The first-order valence-corrected chi connectivity index (χ1v) is 9.86. The van der Waals surface area contributed by atoms with Gasteiger partial charge in [-0.05, 0) is 62.4 Å². The molecule has 1 aromatic carbocycles. The minimum Gasteiger partial charge on any atom is -0.315 e. The van der Waals surface area contributed by atoms with Crippen molar-refractivity contribution in [2.45, 2.75) is 44.3 Å². The Bertz CT molecular complexity index is 910. The van der Waals surface area contributed by atoms with Crippen molar-refractivity contribution in [2.75, 3.05) is 19.6 Å². The molecule has 1 aliphatic heterocycles. The first-order valence-electron chi connectivity index (χ1n) is 9.86. The Kier molecular flexibility index (Phi) is 6.16. The smallest absolute Gasteiger partial charge is 0.315 e. The third-order valence-electron chi connectivity index (χ3n) is 6.34. The van der Waals surface area contributed by atoms with E-state index in [1.54, 1.807) is 16.7 Å². The maximum Gasteiger partial charge on any atom is 0.416 e. The number of fused-ring (bicyclic) bond motifs is 1. The van der Waals surface area contributed by atoms with Crippen LogP contribution in [0.1, 0.15) is 36.0 Å². The van der Waals surface area contributed by atoms with Gasteiger partial charge in [0.2, 0.25) is 0 Å². The van der Waals surface area contributed by atoms with Crippen molar-refractivity contribution in [3.05, 3.63) is 69.6 Å². The number of hydrogen-bond acceptors (Lipinski definition) is 2. The minimum absolute atomic E-state index is 0. The van der Waals surface area contributed by atoms with Crippen LogP contribution in [0.3, 0.4) is 0 Å². The maximum atomic E-state index is 12.8. The number of benzene rings is 1. The molecule has 7 heteroatoms. The second kappa shape index (κ2) is 8.15. The van der Waals surface area contributed by atoms with Crippen LogP contribution >= 0.6 is 12.4 Å². The molecule has 1 aromatic heterocycles. The number of aromatic nitrogens is 1. The van der Waals surface area contributed by atoms with Crippen molar-refractivity contribution >= 4 is 12.4 Å². The quantitative estimate of drug-likeness (QED) is 0.628. The molecule has 1 saturated carbocycles. The molecule has 2 aliphatic rings. The van der Waals surface area contributed by atoms with E-state index in [1.165, 1.54) is 12.1 Å². The number of piperidine rings is 1. The zero-order chi connectivity index (χ0) is 19.9. The van der Waals surface area contributed by atoms with Gasteiger partial charge in [0, 0.05) is 36.8 Å². The number of rotatable bonds is 6. The van der Waals surface area contributed by atoms with Crippen LogP contribution in [0, 0.1) is 12.8 Å². The molecule has 2 aromatic rings. The van der Waals surface area contributed by atoms with Gasteiger partial charge in [0.15, 0.2) is 0 Å². The van der Waals surface area contributed by atoms with Gasteiger partial charge in [-0.15, -0.1) is 12.4 Å². The SMILES string of the molecule is Cc1cccn(CCCCN2C[C@@H]3C[C@]3(c3ccc(C(F)(F)F)cc3)C2)c1=O.Cl. The molecular formula is C22H26ClF3N2O. The third kappa shape index (κ3) is 4.38. The Labute approximate surface area is 174 Å². The Morgan fingerprint density at radius 1 is 1.10 bits per heavy atom. The van der Waals surface area contributed by atoms with Crippen molar-refractivity contribution in [3.8, 4) is 0 Å². The largest absolute Gasteiger partial charge is 0.416 e. The lowest BCUT2D eigenvalue weighted by Gasteiger charge is -2.21. The summed E-state index contributed by atoms with van der Waals surface area (Å²) in [7, 11) is 0. The molecule has 0 N–H and O–H groups in total. The van der Waals surface area contributed by atoms with Gasteiger partial charge in [-0.25, -0.2) is 0 Å². The predicted octanol–water partition coefficient (Wildman–Crippen LogP) is 4.65. The fourth-order valence-corrected chi connectivity index (χ4v) is 4.65. The molecule has 158 valence electrons. The second-order valence-electron chi connectivity index (χ2n) is 8.26. The van der Waals surface area contributed by atoms with E-state index in [9.17, 15) is 18.0 Å². The van der Waals surface area contributed by atoms with Crippen LogP contribution in [0.2, 0.25) is 0 Å². The van der Waals surface area contributed by atoms with E-state index >= 15 is 0 Å². The molecule has 3 nitrogen and oxygen atoms in total. The summed E-state index contributed by atoms with van der Waals surface area (Å²) in [5.74, 6) is 0.559. The average Bonchev–Trinajstić information content (AvgIpc) is 3.23. The summed E-state index contributed by atoms with van der Waals surface area (Å²) in [6, 6.07) is 9.48. The predicted molar refractivity (Wildman–Crippen MR) is 110 cm³/mol. The highest BCUT2D eigenvalue weighted by Gasteiger charge is 2.60. The molecule has 0 amide bonds. The molecule has 2 heterocycles. The molecule has 2 atom stereocenters. The molecule has 4 rings (SSSR count). The fraction of sp³-hybridized carbons (Fsp3) is 0.500. The van der Waals surface area contributed by atoms with E-state index in [0.717, 1.165) is 56.6 Å². The summed E-state index contributed by atoms with van der Waals surface area (Å²) in [6.45, 7) is 5.47. The molecule has 0 spiro atoms. The lowest BCUT2D eigenvalue weighted by Crippen LogP contribution is -2.28. The van der Waals surface area contributed by atoms with Gasteiger partial charge in [0.05, 0.1) is 5.56 Å². The summed E-state index contributed by atoms with van der Waals surface area (Å²) in [5.41, 5.74) is 1.36. The summed E-state index contributed by atoms with van der Waals surface area (Å²) in [4.78, 5) is 14.5. The van der Waals surface area contributed by atoms with Crippen molar-refractivity contribution in [3.63, 3.8) is 0 Å². The van der Waals surface area contributed by atoms with Crippen molar-refractivity contribution in [2.24, 2.45) is 5.92 Å². The van der Waals surface area contributed by atoms with E-state index < -0.39 is 11.7 Å². The van der Waals surface area contributed by atoms with Crippen molar-refractivity contribution in [1.82, 2.24) is 9.47 Å². The number of nitrogens with zero attached hydrogens (tertiary/aromatic N) is 2. The molecule has 0 bridgehead atoms. The number of unbranched alkanes of at least 4 members (excludes halogenated alkanes) is 1. The Morgan fingerprint density at radius 3 is 2.48 bits per heavy atom. The summed E-state index contributed by atoms with van der Waals surface area (Å²) in [6.07, 6.45) is 0.585. The number of likely N-dealkylation sites (tertiary alicyclic amines) is 1. The summed E-state index contributed by atoms with van der Waals surface area (Å²) in [5, 5.41) is 0. The van der Waals surface area contributed by atoms with Crippen LogP contribution in [0.25, 0.3) is 0 Å². The van der Waals surface area contributed by atoms with Gasteiger partial charge in [-0.2, -0.15) is 13.2 Å². The molecular weight excluding hydrogens is 401 g/mol. The number of pyridine rings is 1. The van der Waals surface area contributed by atoms with Gasteiger partial charge in [-0.3, -0.25) is 4.79 Å². The first kappa shape index (κ1) is 21.9. The van der Waals surface area contributed by atoms with Gasteiger partial charge < -0.3 is 9.47 Å². The van der Waals surface area contributed by atoms with Gasteiger partial charge in [0.1, 0.15) is 0 Å². The maximum absolute atomic E-state index is 12.8. The topological polar surface area (TPSA) is 25.2 Å². The molecule has 0 radical (unpaired) electrons. The number of aryl methyl sites for hydroxylation is 2. The van der Waals surface area contributed by atoms with Crippen molar-refractivity contribution in [1.29, 1.82) is 0 Å². The highest BCUT2D eigenvalue weighted by atomic mass is 35.5. The van der Waals surface area contributed by atoms with Crippen LogP contribution in [-0.2, 0) is 18.1 Å². The standard InChI is InChI=1S/C22H25F3N2O.ClH/c1-16-5-4-12-27(20(16)28)11-3-2-10-26-14-19-13-21(19,15-26)17-6-8-18(9-7-17)22(23,24)25;/h4-9,12,19H,2-3,10-11,13-15H2,1H3;1H/t19-,21+;/m0./s1. The zero-order valence-electron chi connectivity index (χ0n) is 16.4. The molecule has 2 fully saturated rings. The second-order valence-corrected chi connectivity index (χ2v) is 8.26. The molecule has 0 unspecified atom stereocenters. The third-order valence-corrected chi connectivity index (χ3v) is 6.34. The van der Waals surface area contributed by atoms with Gasteiger partial charge in [-0.1, -0.05) is 18.2 Å². The summed E-state index contributed by atoms with van der Waals surface area (Å²) >= 11 is 0. The zero-order valence-corrected chi connectivity index (χ0v) is 17.2.